The third-order valence-electron chi connectivity index (χ3n) is 4.24. The van der Waals surface area contributed by atoms with Gasteiger partial charge in [0, 0.05) is 30.0 Å². The van der Waals surface area contributed by atoms with E-state index < -0.39 is 9.84 Å². The van der Waals surface area contributed by atoms with Gasteiger partial charge in [-0.3, -0.25) is 0 Å². The predicted molar refractivity (Wildman–Crippen MR) is 97.0 cm³/mol. The fraction of sp³-hybridized carbons (Fsp3) is 0.375. The normalized spacial score (nSPS) is 19.2. The quantitative estimate of drug-likeness (QED) is 0.896. The predicted octanol–water partition coefficient (Wildman–Crippen LogP) is 2.81. The van der Waals surface area contributed by atoms with E-state index >= 15 is 0 Å². The molecule has 1 aliphatic rings. The van der Waals surface area contributed by atoms with Crippen LogP contribution in [0.5, 0.6) is 0 Å². The number of nitrogens with one attached hydrogen (secondary N) is 1. The summed E-state index contributed by atoms with van der Waals surface area (Å²) >= 11 is 6.14. The Morgan fingerprint density at radius 2 is 2.12 bits per heavy atom. The van der Waals surface area contributed by atoms with Crippen LogP contribution in [0.1, 0.15) is 12.0 Å². The summed E-state index contributed by atoms with van der Waals surface area (Å²) in [6.45, 7) is 1.93. The van der Waals surface area contributed by atoms with Gasteiger partial charge < -0.3 is 10.2 Å². The van der Waals surface area contributed by atoms with E-state index in [2.05, 4.69) is 15.3 Å². The van der Waals surface area contributed by atoms with Gasteiger partial charge in [0.2, 0.25) is 5.95 Å². The Bertz CT molecular complexity index is 857. The lowest BCUT2D eigenvalue weighted by molar-refractivity contribution is 0.600. The van der Waals surface area contributed by atoms with Crippen LogP contribution in [0.3, 0.4) is 0 Å². The van der Waals surface area contributed by atoms with E-state index in [0.717, 1.165) is 11.3 Å². The molecule has 0 saturated carbocycles. The summed E-state index contributed by atoms with van der Waals surface area (Å²) in [5.41, 5.74) is 1.81. The number of anilines is 3. The molecule has 0 amide bonds. The molecule has 8 heteroatoms. The molecule has 1 N–H and O–H groups in total. The van der Waals surface area contributed by atoms with E-state index in [9.17, 15) is 8.42 Å². The van der Waals surface area contributed by atoms with Gasteiger partial charge in [-0.15, -0.1) is 0 Å². The monoisotopic (exact) mass is 366 g/mol. The Hall–Kier alpha value is -1.86. The van der Waals surface area contributed by atoms with Gasteiger partial charge in [0.05, 0.1) is 11.5 Å². The highest BCUT2D eigenvalue weighted by Crippen LogP contribution is 2.26. The third-order valence-corrected chi connectivity index (χ3v) is 6.40. The van der Waals surface area contributed by atoms with E-state index in [1.54, 1.807) is 12.3 Å². The maximum atomic E-state index is 11.7. The lowest BCUT2D eigenvalue weighted by Gasteiger charge is -2.23. The summed E-state index contributed by atoms with van der Waals surface area (Å²) in [6.07, 6.45) is 2.26. The zero-order valence-corrected chi connectivity index (χ0v) is 15.1. The molecule has 0 spiro atoms. The van der Waals surface area contributed by atoms with Crippen molar-refractivity contribution < 1.29 is 8.42 Å². The topological polar surface area (TPSA) is 75.2 Å². The molecule has 1 unspecified atom stereocenters. The number of sulfone groups is 1. The molecular formula is C16H19ClN4O2S. The maximum Gasteiger partial charge on any atom is 0.227 e. The van der Waals surface area contributed by atoms with Gasteiger partial charge in [0.15, 0.2) is 9.84 Å². The maximum absolute atomic E-state index is 11.7. The minimum atomic E-state index is -2.95. The number of benzene rings is 1. The summed E-state index contributed by atoms with van der Waals surface area (Å²) in [6, 6.07) is 7.31. The van der Waals surface area contributed by atoms with Crippen LogP contribution in [0.25, 0.3) is 0 Å². The summed E-state index contributed by atoms with van der Waals surface area (Å²) in [4.78, 5) is 10.6. The fourth-order valence-corrected chi connectivity index (χ4v) is 4.66. The van der Waals surface area contributed by atoms with Crippen molar-refractivity contribution in [2.24, 2.45) is 0 Å². The van der Waals surface area contributed by atoms with Crippen molar-refractivity contribution in [2.75, 3.05) is 28.8 Å². The smallest absolute Gasteiger partial charge is 0.227 e. The first-order valence-corrected chi connectivity index (χ1v) is 9.84. The largest absolute Gasteiger partial charge is 0.340 e. The van der Waals surface area contributed by atoms with Crippen LogP contribution >= 0.6 is 11.6 Å². The van der Waals surface area contributed by atoms with Crippen LogP contribution in [0.4, 0.5) is 17.5 Å². The first kappa shape index (κ1) is 17.0. The lowest BCUT2D eigenvalue weighted by Crippen LogP contribution is -2.33. The Labute approximate surface area is 146 Å². The van der Waals surface area contributed by atoms with E-state index in [1.807, 2.05) is 37.1 Å². The highest BCUT2D eigenvalue weighted by molar-refractivity contribution is 7.91. The summed E-state index contributed by atoms with van der Waals surface area (Å²) in [7, 11) is -1.12. The molecule has 0 radical (unpaired) electrons. The number of hydrogen-bond acceptors (Lipinski definition) is 6. The molecule has 1 fully saturated rings. The van der Waals surface area contributed by atoms with Gasteiger partial charge in [-0.2, -0.15) is 4.98 Å². The molecule has 0 aliphatic carbocycles. The van der Waals surface area contributed by atoms with E-state index in [1.165, 1.54) is 0 Å². The number of halogens is 1. The van der Waals surface area contributed by atoms with Crippen LogP contribution in [-0.2, 0) is 9.84 Å². The van der Waals surface area contributed by atoms with Gasteiger partial charge in [0.25, 0.3) is 0 Å². The number of hydrogen-bond donors (Lipinski definition) is 1. The van der Waals surface area contributed by atoms with E-state index in [4.69, 9.17) is 11.6 Å². The second-order valence-corrected chi connectivity index (χ2v) is 8.58. The SMILES string of the molecule is Cc1c(Cl)cccc1Nc1ccnc(N(C)C2CCS(=O)(=O)C2)n1. The molecular weight excluding hydrogens is 348 g/mol. The average Bonchev–Trinajstić information content (AvgIpc) is 2.91. The first-order valence-electron chi connectivity index (χ1n) is 7.64. The standard InChI is InChI=1S/C16H19ClN4O2S/c1-11-13(17)4-3-5-14(11)19-15-6-8-18-16(20-15)21(2)12-7-9-24(22,23)10-12/h3-6,8,12H,7,9-10H2,1-2H3,(H,18,19,20). The zero-order chi connectivity index (χ0) is 17.3. The number of rotatable bonds is 4. The van der Waals surface area contributed by atoms with Crippen molar-refractivity contribution in [1.82, 2.24) is 9.97 Å². The van der Waals surface area contributed by atoms with Gasteiger partial charge in [-0.1, -0.05) is 17.7 Å². The van der Waals surface area contributed by atoms with Crippen molar-refractivity contribution in [1.29, 1.82) is 0 Å². The van der Waals surface area contributed by atoms with Crippen LogP contribution in [-0.4, -0.2) is 43.0 Å². The fourth-order valence-electron chi connectivity index (χ4n) is 2.71. The number of nitrogens with zero attached hydrogens (tertiary/aromatic N) is 3. The molecule has 0 bridgehead atoms. The van der Waals surface area contributed by atoms with Gasteiger partial charge in [0.1, 0.15) is 5.82 Å². The minimum Gasteiger partial charge on any atom is -0.340 e. The third kappa shape index (κ3) is 3.62. The van der Waals surface area contributed by atoms with Crippen LogP contribution in [0.15, 0.2) is 30.5 Å². The van der Waals surface area contributed by atoms with E-state index in [-0.39, 0.29) is 17.5 Å². The van der Waals surface area contributed by atoms with E-state index in [0.29, 0.717) is 23.2 Å². The molecule has 1 saturated heterocycles. The molecule has 1 atom stereocenters. The minimum absolute atomic E-state index is 0.0850. The van der Waals surface area contributed by atoms with Gasteiger partial charge in [-0.25, -0.2) is 13.4 Å². The second-order valence-electron chi connectivity index (χ2n) is 5.95. The molecule has 3 rings (SSSR count). The van der Waals surface area contributed by atoms with Crippen molar-refractivity contribution in [2.45, 2.75) is 19.4 Å². The molecule has 2 aromatic rings. The van der Waals surface area contributed by atoms with Crippen molar-refractivity contribution in [3.05, 3.63) is 41.0 Å². The second kappa shape index (κ2) is 6.57. The van der Waals surface area contributed by atoms with Crippen molar-refractivity contribution in [3.63, 3.8) is 0 Å². The molecule has 1 aliphatic heterocycles. The van der Waals surface area contributed by atoms with Crippen molar-refractivity contribution in [3.8, 4) is 0 Å². The van der Waals surface area contributed by atoms with Gasteiger partial charge >= 0.3 is 0 Å². The highest BCUT2D eigenvalue weighted by Gasteiger charge is 2.31. The van der Waals surface area contributed by atoms with Crippen LogP contribution < -0.4 is 10.2 Å². The molecule has 1 aromatic carbocycles. The van der Waals surface area contributed by atoms with Gasteiger partial charge in [-0.05, 0) is 37.1 Å². The Morgan fingerprint density at radius 1 is 1.33 bits per heavy atom. The molecule has 1 aromatic heterocycles. The average molecular weight is 367 g/mol. The molecule has 128 valence electrons. The van der Waals surface area contributed by atoms with Crippen molar-refractivity contribution >= 4 is 38.9 Å². The Morgan fingerprint density at radius 3 is 2.83 bits per heavy atom. The number of aromatic nitrogens is 2. The molecule has 2 heterocycles. The summed E-state index contributed by atoms with van der Waals surface area (Å²) in [5, 5.41) is 3.92. The Kier molecular flexibility index (Phi) is 4.64. The first-order chi connectivity index (χ1) is 11.4. The van der Waals surface area contributed by atoms with Crippen LogP contribution in [0.2, 0.25) is 5.02 Å². The summed E-state index contributed by atoms with van der Waals surface area (Å²) in [5.74, 6) is 1.51. The molecule has 24 heavy (non-hydrogen) atoms. The highest BCUT2D eigenvalue weighted by atomic mass is 35.5. The lowest BCUT2D eigenvalue weighted by atomic mass is 10.2. The zero-order valence-electron chi connectivity index (χ0n) is 13.5. The van der Waals surface area contributed by atoms with Crippen LogP contribution in [0, 0.1) is 6.92 Å². The Balaban J connectivity index is 1.80. The molecule has 6 nitrogen and oxygen atoms in total. The summed E-state index contributed by atoms with van der Waals surface area (Å²) < 4.78 is 23.3.